The van der Waals surface area contributed by atoms with E-state index >= 15 is 0 Å². The molecule has 1 aromatic carbocycles. The number of hydrogen-bond acceptors (Lipinski definition) is 6. The van der Waals surface area contributed by atoms with Crippen LogP contribution in [0, 0.1) is 6.92 Å². The number of rotatable bonds is 10. The summed E-state index contributed by atoms with van der Waals surface area (Å²) in [5.74, 6) is -0.438. The molecule has 0 saturated heterocycles. The van der Waals surface area contributed by atoms with Crippen LogP contribution in [0.15, 0.2) is 54.9 Å². The lowest BCUT2D eigenvalue weighted by Gasteiger charge is -2.22. The van der Waals surface area contributed by atoms with Gasteiger partial charge in [0, 0.05) is 43.4 Å². The van der Waals surface area contributed by atoms with Gasteiger partial charge in [0.15, 0.2) is 0 Å². The fourth-order valence-electron chi connectivity index (χ4n) is 3.38. The summed E-state index contributed by atoms with van der Waals surface area (Å²) in [7, 11) is 0. The highest BCUT2D eigenvalue weighted by Crippen LogP contribution is 2.30. The van der Waals surface area contributed by atoms with Crippen molar-refractivity contribution < 1.29 is 9.59 Å². The highest BCUT2D eigenvalue weighted by atomic mass is 32.1. The molecule has 0 unspecified atom stereocenters. The molecule has 0 aliphatic carbocycles. The van der Waals surface area contributed by atoms with Gasteiger partial charge in [-0.15, -0.1) is 11.3 Å². The van der Waals surface area contributed by atoms with Crippen LogP contribution in [0.5, 0.6) is 0 Å². The van der Waals surface area contributed by atoms with Crippen LogP contribution in [0.2, 0.25) is 0 Å². The van der Waals surface area contributed by atoms with Crippen LogP contribution >= 0.6 is 11.3 Å². The van der Waals surface area contributed by atoms with Crippen LogP contribution in [0.25, 0.3) is 10.4 Å². The van der Waals surface area contributed by atoms with Gasteiger partial charge in [0.05, 0.1) is 15.6 Å². The number of carbonyl (C=O) groups excluding carboxylic acids is 2. The molecule has 7 nitrogen and oxygen atoms in total. The zero-order chi connectivity index (χ0) is 22.9. The lowest BCUT2D eigenvalue weighted by Crippen LogP contribution is -2.52. The van der Waals surface area contributed by atoms with E-state index in [-0.39, 0.29) is 17.9 Å². The Hall–Kier alpha value is -3.10. The maximum Gasteiger partial charge on any atom is 0.243 e. The normalized spacial score (nSPS) is 12.7. The van der Waals surface area contributed by atoms with Gasteiger partial charge in [0.25, 0.3) is 0 Å². The van der Waals surface area contributed by atoms with Crippen LogP contribution < -0.4 is 16.4 Å². The average Bonchev–Trinajstić information content (AvgIpc) is 3.19. The van der Waals surface area contributed by atoms with E-state index in [0.29, 0.717) is 25.8 Å². The van der Waals surface area contributed by atoms with Gasteiger partial charge in [-0.25, -0.2) is 4.98 Å². The maximum atomic E-state index is 13.1. The fourth-order valence-corrected chi connectivity index (χ4v) is 4.48. The second kappa shape index (κ2) is 11.5. The Morgan fingerprint density at radius 3 is 2.53 bits per heavy atom. The number of hydrogen-bond donors (Lipinski definition) is 3. The van der Waals surface area contributed by atoms with Crippen molar-refractivity contribution in [2.24, 2.45) is 5.73 Å². The van der Waals surface area contributed by atoms with E-state index in [1.807, 2.05) is 49.4 Å². The Labute approximate surface area is 192 Å². The topological polar surface area (TPSA) is 110 Å². The van der Waals surface area contributed by atoms with Crippen molar-refractivity contribution in [3.63, 3.8) is 0 Å². The molecule has 2 heterocycles. The van der Waals surface area contributed by atoms with E-state index in [1.54, 1.807) is 19.3 Å². The van der Waals surface area contributed by atoms with Crippen molar-refractivity contribution in [1.29, 1.82) is 0 Å². The molecular weight excluding hydrogens is 422 g/mol. The first-order valence-corrected chi connectivity index (χ1v) is 11.5. The maximum absolute atomic E-state index is 13.1. The monoisotopic (exact) mass is 451 g/mol. The number of aromatic nitrogens is 2. The number of carbonyl (C=O) groups is 2. The summed E-state index contributed by atoms with van der Waals surface area (Å²) >= 11 is 1.51. The van der Waals surface area contributed by atoms with Crippen LogP contribution in [-0.4, -0.2) is 40.4 Å². The van der Waals surface area contributed by atoms with Gasteiger partial charge in [0.2, 0.25) is 11.8 Å². The predicted octanol–water partition coefficient (Wildman–Crippen LogP) is 2.64. The van der Waals surface area contributed by atoms with Crippen molar-refractivity contribution in [2.45, 2.75) is 45.2 Å². The number of benzene rings is 1. The fraction of sp³-hybridized carbons (Fsp3) is 0.333. The molecule has 168 valence electrons. The second-order valence-electron chi connectivity index (χ2n) is 7.57. The highest BCUT2D eigenvalue weighted by molar-refractivity contribution is 7.15. The standard InChI is InChI=1S/C24H29N5O2S/c1-3-21(30)29-20(24(31)28-19(14-25)12-17-8-5-4-6-9-17)13-22-27-16(2)23(32-22)18-10-7-11-26-15-18/h4-11,15,19-20H,3,12-14,25H2,1-2H3,(H,28,31)(H,29,30)/t19-,20-/m0/s1. The molecular formula is C24H29N5O2S. The molecule has 0 saturated carbocycles. The Kier molecular flexibility index (Phi) is 8.47. The molecule has 0 aliphatic heterocycles. The summed E-state index contributed by atoms with van der Waals surface area (Å²) in [4.78, 5) is 35.1. The van der Waals surface area contributed by atoms with Gasteiger partial charge in [-0.2, -0.15) is 0 Å². The van der Waals surface area contributed by atoms with Crippen LogP contribution in [0.1, 0.15) is 29.6 Å². The van der Waals surface area contributed by atoms with Crippen molar-refractivity contribution >= 4 is 23.2 Å². The Morgan fingerprint density at radius 2 is 1.88 bits per heavy atom. The van der Waals surface area contributed by atoms with E-state index in [2.05, 4.69) is 20.6 Å². The predicted molar refractivity (Wildman–Crippen MR) is 127 cm³/mol. The molecule has 0 fully saturated rings. The first-order valence-electron chi connectivity index (χ1n) is 10.7. The minimum absolute atomic E-state index is 0.182. The van der Waals surface area contributed by atoms with E-state index in [1.165, 1.54) is 11.3 Å². The molecule has 0 radical (unpaired) electrons. The van der Waals surface area contributed by atoms with Crippen molar-refractivity contribution in [3.05, 3.63) is 71.1 Å². The third kappa shape index (κ3) is 6.45. The quantitative estimate of drug-likeness (QED) is 0.439. The highest BCUT2D eigenvalue weighted by Gasteiger charge is 2.25. The van der Waals surface area contributed by atoms with E-state index in [9.17, 15) is 9.59 Å². The number of pyridine rings is 1. The first-order chi connectivity index (χ1) is 15.5. The zero-order valence-corrected chi connectivity index (χ0v) is 19.2. The number of nitrogens with zero attached hydrogens (tertiary/aromatic N) is 2. The van der Waals surface area contributed by atoms with E-state index < -0.39 is 6.04 Å². The molecule has 32 heavy (non-hydrogen) atoms. The summed E-state index contributed by atoms with van der Waals surface area (Å²) in [6.45, 7) is 4.00. The van der Waals surface area contributed by atoms with Gasteiger partial charge in [-0.3, -0.25) is 14.6 Å². The summed E-state index contributed by atoms with van der Waals surface area (Å²) in [6, 6.07) is 12.8. The van der Waals surface area contributed by atoms with Gasteiger partial charge < -0.3 is 16.4 Å². The lowest BCUT2D eigenvalue weighted by molar-refractivity contribution is -0.129. The second-order valence-corrected chi connectivity index (χ2v) is 8.66. The third-order valence-electron chi connectivity index (χ3n) is 5.07. The van der Waals surface area contributed by atoms with E-state index in [4.69, 9.17) is 5.73 Å². The Bertz CT molecular complexity index is 1020. The number of nitrogens with two attached hydrogens (primary N) is 1. The van der Waals surface area contributed by atoms with Gasteiger partial charge in [-0.1, -0.05) is 43.3 Å². The molecule has 0 aliphatic rings. The summed E-state index contributed by atoms with van der Waals surface area (Å²) < 4.78 is 0. The smallest absolute Gasteiger partial charge is 0.243 e. The average molecular weight is 452 g/mol. The molecule has 2 atom stereocenters. The molecule has 8 heteroatoms. The summed E-state index contributed by atoms with van der Waals surface area (Å²) in [6.07, 6.45) is 4.75. The third-order valence-corrected chi connectivity index (χ3v) is 6.30. The molecule has 2 aromatic heterocycles. The van der Waals surface area contributed by atoms with Crippen LogP contribution in [-0.2, 0) is 22.4 Å². The minimum Gasteiger partial charge on any atom is -0.350 e. The number of nitrogens with one attached hydrogen (secondary N) is 2. The van der Waals surface area contributed by atoms with Gasteiger partial charge in [-0.05, 0) is 25.0 Å². The van der Waals surface area contributed by atoms with Crippen molar-refractivity contribution in [3.8, 4) is 10.4 Å². The Morgan fingerprint density at radius 1 is 1.09 bits per heavy atom. The number of aryl methyl sites for hydroxylation is 1. The van der Waals surface area contributed by atoms with Crippen molar-refractivity contribution in [1.82, 2.24) is 20.6 Å². The molecule has 0 bridgehead atoms. The molecule has 4 N–H and O–H groups in total. The van der Waals surface area contributed by atoms with Gasteiger partial charge in [0.1, 0.15) is 6.04 Å². The number of amides is 2. The van der Waals surface area contributed by atoms with Crippen LogP contribution in [0.4, 0.5) is 0 Å². The van der Waals surface area contributed by atoms with Gasteiger partial charge >= 0.3 is 0 Å². The van der Waals surface area contributed by atoms with Crippen LogP contribution in [0.3, 0.4) is 0 Å². The SMILES string of the molecule is CCC(=O)N[C@@H](Cc1nc(C)c(-c2cccnc2)s1)C(=O)N[C@H](CN)Cc1ccccc1. The molecule has 0 spiro atoms. The Balaban J connectivity index is 1.74. The lowest BCUT2D eigenvalue weighted by atomic mass is 10.1. The minimum atomic E-state index is -0.723. The first kappa shape index (κ1) is 23.6. The van der Waals surface area contributed by atoms with Crippen molar-refractivity contribution in [2.75, 3.05) is 6.54 Å². The summed E-state index contributed by atoms with van der Waals surface area (Å²) in [5, 5.41) is 6.63. The van der Waals surface area contributed by atoms with E-state index in [0.717, 1.165) is 26.7 Å². The molecule has 2 amide bonds. The number of thiazole rings is 1. The molecule has 3 rings (SSSR count). The summed E-state index contributed by atoms with van der Waals surface area (Å²) in [5.41, 5.74) is 8.87. The molecule has 3 aromatic rings. The largest absolute Gasteiger partial charge is 0.350 e. The zero-order valence-electron chi connectivity index (χ0n) is 18.4.